The van der Waals surface area contributed by atoms with Gasteiger partial charge in [0.15, 0.2) is 5.82 Å². The molecule has 154 valence electrons. The lowest BCUT2D eigenvalue weighted by Crippen LogP contribution is -2.66. The molecule has 0 atom stereocenters. The number of hydrogen-bond donors (Lipinski definition) is 1. The van der Waals surface area contributed by atoms with E-state index in [1.807, 2.05) is 0 Å². The van der Waals surface area contributed by atoms with Gasteiger partial charge in [0.1, 0.15) is 5.82 Å². The second-order valence-corrected chi connectivity index (χ2v) is 8.14. The number of amides is 1. The molecule has 4 heterocycles. The molecule has 2 aromatic heterocycles. The number of carbonyl (C=O) groups is 1. The van der Waals surface area contributed by atoms with Crippen LogP contribution in [0.1, 0.15) is 16.1 Å². The van der Waals surface area contributed by atoms with Crippen LogP contribution in [0.5, 0.6) is 0 Å². The summed E-state index contributed by atoms with van der Waals surface area (Å²) in [6.45, 7) is 4.87. The van der Waals surface area contributed by atoms with E-state index in [4.69, 9.17) is 4.74 Å². The summed E-state index contributed by atoms with van der Waals surface area (Å²) in [4.78, 5) is 19.7. The molecule has 1 aromatic carbocycles. The summed E-state index contributed by atoms with van der Waals surface area (Å²) >= 11 is 0. The molecular formula is C22H22FN5O2. The first-order valence-corrected chi connectivity index (χ1v) is 9.84. The maximum atomic E-state index is 14.6. The number of nitrogens with zero attached hydrogens (tertiary/aromatic N) is 4. The number of aromatic nitrogens is 3. The molecule has 7 nitrogen and oxygen atoms in total. The zero-order chi connectivity index (χ0) is 20.9. The molecule has 2 fully saturated rings. The number of halogens is 1. The highest BCUT2D eigenvalue weighted by Crippen LogP contribution is 2.44. The Labute approximate surface area is 173 Å². The Hall–Kier alpha value is -3.26. The third-order valence-electron chi connectivity index (χ3n) is 5.76. The average Bonchev–Trinajstić information content (AvgIpc) is 2.99. The Balaban J connectivity index is 1.56. The lowest BCUT2D eigenvalue weighted by Gasteiger charge is -2.55. The van der Waals surface area contributed by atoms with Crippen molar-refractivity contribution in [3.63, 3.8) is 0 Å². The molecule has 2 aliphatic rings. The highest BCUT2D eigenvalue weighted by atomic mass is 19.1. The van der Waals surface area contributed by atoms with E-state index < -0.39 is 0 Å². The quantitative estimate of drug-likeness (QED) is 0.720. The first-order valence-electron chi connectivity index (χ1n) is 9.84. The summed E-state index contributed by atoms with van der Waals surface area (Å²) in [5, 5.41) is 7.24. The number of ether oxygens (including phenoxy) is 1. The number of hydrogen-bond acceptors (Lipinski definition) is 5. The Bertz CT molecular complexity index is 1130. The molecule has 5 rings (SSSR count). The molecule has 0 aliphatic carbocycles. The predicted molar refractivity (Wildman–Crippen MR) is 111 cm³/mol. The molecule has 0 saturated carbocycles. The Morgan fingerprint density at radius 1 is 1.20 bits per heavy atom. The van der Waals surface area contributed by atoms with Crippen molar-refractivity contribution in [3.05, 3.63) is 59.8 Å². The smallest absolute Gasteiger partial charge is 0.259 e. The summed E-state index contributed by atoms with van der Waals surface area (Å²) in [5.74, 6) is -0.00648. The van der Waals surface area contributed by atoms with Crippen LogP contribution in [0.15, 0.2) is 42.7 Å². The van der Waals surface area contributed by atoms with E-state index in [0.29, 0.717) is 33.9 Å². The van der Waals surface area contributed by atoms with Crippen molar-refractivity contribution >= 4 is 17.4 Å². The minimum absolute atomic E-state index is 0.177. The summed E-state index contributed by atoms with van der Waals surface area (Å²) < 4.78 is 21.6. The van der Waals surface area contributed by atoms with Crippen molar-refractivity contribution < 1.29 is 13.9 Å². The van der Waals surface area contributed by atoms with Crippen LogP contribution in [-0.4, -0.2) is 47.0 Å². The Morgan fingerprint density at radius 2 is 1.97 bits per heavy atom. The number of nitrogens with one attached hydrogen (secondary N) is 1. The fourth-order valence-corrected chi connectivity index (χ4v) is 4.21. The minimum Gasteiger partial charge on any atom is -0.380 e. The first-order chi connectivity index (χ1) is 14.5. The maximum absolute atomic E-state index is 14.6. The SMILES string of the molecule is Cc1nn(C)cc1C(=O)Nc1c(-c2ccccc2F)ccnc1N1CC2(COC2)C1. The van der Waals surface area contributed by atoms with Crippen molar-refractivity contribution in [1.82, 2.24) is 14.8 Å². The van der Waals surface area contributed by atoms with Crippen LogP contribution in [0.2, 0.25) is 0 Å². The molecule has 2 saturated heterocycles. The Kier molecular flexibility index (Phi) is 4.32. The number of rotatable bonds is 4. The van der Waals surface area contributed by atoms with E-state index in [1.165, 1.54) is 6.07 Å². The third kappa shape index (κ3) is 3.04. The van der Waals surface area contributed by atoms with Gasteiger partial charge in [-0.25, -0.2) is 9.37 Å². The van der Waals surface area contributed by atoms with Gasteiger partial charge in [0.05, 0.1) is 35.6 Å². The van der Waals surface area contributed by atoms with Crippen molar-refractivity contribution in [1.29, 1.82) is 0 Å². The van der Waals surface area contributed by atoms with Crippen LogP contribution in [0.3, 0.4) is 0 Å². The fourth-order valence-electron chi connectivity index (χ4n) is 4.21. The van der Waals surface area contributed by atoms with Crippen molar-refractivity contribution in [2.24, 2.45) is 12.5 Å². The summed E-state index contributed by atoms with van der Waals surface area (Å²) in [6.07, 6.45) is 3.33. The molecule has 3 aromatic rings. The number of carbonyl (C=O) groups excluding carboxylic acids is 1. The molecule has 1 N–H and O–H groups in total. The van der Waals surface area contributed by atoms with Gasteiger partial charge in [-0.2, -0.15) is 5.10 Å². The predicted octanol–water partition coefficient (Wildman–Crippen LogP) is 3.02. The first kappa shape index (κ1) is 18.7. The van der Waals surface area contributed by atoms with Gasteiger partial charge in [0.2, 0.25) is 0 Å². The summed E-state index contributed by atoms with van der Waals surface area (Å²) in [6, 6.07) is 8.27. The second-order valence-electron chi connectivity index (χ2n) is 8.14. The van der Waals surface area contributed by atoms with E-state index in [2.05, 4.69) is 20.3 Å². The van der Waals surface area contributed by atoms with Gasteiger partial charge in [0.25, 0.3) is 5.91 Å². The molecule has 0 unspecified atom stereocenters. The molecule has 1 amide bonds. The van der Waals surface area contributed by atoms with Gasteiger partial charge >= 0.3 is 0 Å². The van der Waals surface area contributed by atoms with Crippen LogP contribution in [0, 0.1) is 18.2 Å². The number of benzene rings is 1. The minimum atomic E-state index is -0.352. The molecular weight excluding hydrogens is 385 g/mol. The van der Waals surface area contributed by atoms with E-state index in [-0.39, 0.29) is 17.1 Å². The number of anilines is 2. The van der Waals surface area contributed by atoms with E-state index >= 15 is 0 Å². The summed E-state index contributed by atoms with van der Waals surface area (Å²) in [5.41, 5.74) is 2.80. The largest absolute Gasteiger partial charge is 0.380 e. The van der Waals surface area contributed by atoms with Gasteiger partial charge in [-0.15, -0.1) is 0 Å². The summed E-state index contributed by atoms with van der Waals surface area (Å²) in [7, 11) is 1.77. The van der Waals surface area contributed by atoms with E-state index in [1.54, 1.807) is 55.3 Å². The van der Waals surface area contributed by atoms with Crippen LogP contribution in [0.25, 0.3) is 11.1 Å². The molecule has 30 heavy (non-hydrogen) atoms. The average molecular weight is 407 g/mol. The highest BCUT2D eigenvalue weighted by molar-refractivity contribution is 6.08. The fraction of sp³-hybridized carbons (Fsp3) is 0.318. The number of pyridine rings is 1. The van der Waals surface area contributed by atoms with Crippen LogP contribution < -0.4 is 10.2 Å². The molecule has 1 spiro atoms. The van der Waals surface area contributed by atoms with Crippen molar-refractivity contribution in [3.8, 4) is 11.1 Å². The topological polar surface area (TPSA) is 72.3 Å². The zero-order valence-electron chi connectivity index (χ0n) is 16.9. The van der Waals surface area contributed by atoms with E-state index in [0.717, 1.165) is 26.3 Å². The molecule has 0 radical (unpaired) electrons. The van der Waals surface area contributed by atoms with Crippen LogP contribution in [0.4, 0.5) is 15.9 Å². The highest BCUT2D eigenvalue weighted by Gasteiger charge is 2.50. The van der Waals surface area contributed by atoms with Crippen molar-refractivity contribution in [2.45, 2.75) is 6.92 Å². The normalized spacial score (nSPS) is 16.8. The van der Waals surface area contributed by atoms with Gasteiger partial charge in [-0.3, -0.25) is 9.48 Å². The molecule has 2 aliphatic heterocycles. The Morgan fingerprint density at radius 3 is 2.60 bits per heavy atom. The molecule has 8 heteroatoms. The number of aryl methyl sites for hydroxylation is 2. The van der Waals surface area contributed by atoms with Crippen molar-refractivity contribution in [2.75, 3.05) is 36.5 Å². The van der Waals surface area contributed by atoms with Gasteiger partial charge in [-0.05, 0) is 19.1 Å². The maximum Gasteiger partial charge on any atom is 0.259 e. The van der Waals surface area contributed by atoms with Gasteiger partial charge in [0, 0.05) is 43.7 Å². The zero-order valence-corrected chi connectivity index (χ0v) is 16.9. The van der Waals surface area contributed by atoms with Gasteiger partial charge < -0.3 is 15.0 Å². The standard InChI is InChI=1S/C22H22FN5O2/c1-14-17(9-27(2)26-14)21(29)25-19-16(15-5-3-4-6-18(15)23)7-8-24-20(19)28-10-22(11-28)12-30-13-22/h3-9H,10-13H2,1-2H3,(H,25,29). The van der Waals surface area contributed by atoms with Crippen LogP contribution >= 0.6 is 0 Å². The van der Waals surface area contributed by atoms with E-state index in [9.17, 15) is 9.18 Å². The molecule has 0 bridgehead atoms. The monoisotopic (exact) mass is 407 g/mol. The van der Waals surface area contributed by atoms with Gasteiger partial charge in [-0.1, -0.05) is 18.2 Å². The third-order valence-corrected chi connectivity index (χ3v) is 5.76. The lowest BCUT2D eigenvalue weighted by atomic mass is 9.78. The van der Waals surface area contributed by atoms with Crippen LogP contribution in [-0.2, 0) is 11.8 Å². The lowest BCUT2D eigenvalue weighted by molar-refractivity contribution is -0.127. The second kappa shape index (κ2) is 6.91.